The van der Waals surface area contributed by atoms with Crippen LogP contribution in [0, 0.1) is 0 Å². The van der Waals surface area contributed by atoms with E-state index in [1.165, 1.54) is 30.5 Å². The molecule has 1 amide bonds. The lowest BCUT2D eigenvalue weighted by molar-refractivity contribution is -0.0636. The monoisotopic (exact) mass is 583 g/mol. The third-order valence-corrected chi connectivity index (χ3v) is 6.55. The number of nitrogens with zero attached hydrogens (tertiary/aromatic N) is 2. The number of hydrogen-bond donors (Lipinski definition) is 1. The average molecular weight is 584 g/mol. The van der Waals surface area contributed by atoms with Crippen LogP contribution in [-0.4, -0.2) is 58.3 Å². The zero-order valence-electron chi connectivity index (χ0n) is 22.5. The standard InChI is InChI=1S/C31H25N3O9/c32-26(35)23-27(36)34(17-16-33-23)28-25(43-31(39)21-14-8-3-9-15-21)24(42-30(38)20-12-6-2-7-13-20)22(41-28)18-40-29(37)19-10-4-1-5-11-19/h1-17,22,24-25,28H,18H2,(H2,32,35)/t22-,24-,25-,28-/m1/s1. The van der Waals surface area contributed by atoms with Crippen molar-refractivity contribution < 1.29 is 38.1 Å². The Balaban J connectivity index is 1.53. The van der Waals surface area contributed by atoms with Crippen molar-refractivity contribution in [2.45, 2.75) is 24.5 Å². The Morgan fingerprint density at radius 1 is 0.744 bits per heavy atom. The van der Waals surface area contributed by atoms with E-state index in [9.17, 15) is 24.0 Å². The molecule has 0 aliphatic carbocycles. The van der Waals surface area contributed by atoms with E-state index in [1.807, 2.05) is 0 Å². The molecule has 1 saturated heterocycles. The van der Waals surface area contributed by atoms with Gasteiger partial charge in [-0.1, -0.05) is 54.6 Å². The van der Waals surface area contributed by atoms with Crippen LogP contribution in [0.2, 0.25) is 0 Å². The van der Waals surface area contributed by atoms with Gasteiger partial charge in [0.1, 0.15) is 12.7 Å². The number of esters is 3. The molecule has 1 aliphatic heterocycles. The van der Waals surface area contributed by atoms with Crippen LogP contribution in [0.25, 0.3) is 0 Å². The highest BCUT2D eigenvalue weighted by Crippen LogP contribution is 2.35. The summed E-state index contributed by atoms with van der Waals surface area (Å²) in [7, 11) is 0. The van der Waals surface area contributed by atoms with Gasteiger partial charge < -0.3 is 24.7 Å². The summed E-state index contributed by atoms with van der Waals surface area (Å²) in [5.74, 6) is -3.36. The maximum Gasteiger partial charge on any atom is 0.338 e. The van der Waals surface area contributed by atoms with E-state index in [0.29, 0.717) is 0 Å². The van der Waals surface area contributed by atoms with E-state index < -0.39 is 66.2 Å². The molecule has 2 N–H and O–H groups in total. The quantitative estimate of drug-likeness (QED) is 0.229. The third kappa shape index (κ3) is 6.49. The Bertz CT molecular complexity index is 1680. The van der Waals surface area contributed by atoms with Gasteiger partial charge in [-0.05, 0) is 36.4 Å². The molecule has 3 aromatic carbocycles. The van der Waals surface area contributed by atoms with Gasteiger partial charge in [0.25, 0.3) is 11.5 Å². The van der Waals surface area contributed by atoms with Crippen LogP contribution in [0.15, 0.2) is 108 Å². The average Bonchev–Trinajstić information content (AvgIpc) is 3.36. The van der Waals surface area contributed by atoms with Gasteiger partial charge in [0.15, 0.2) is 24.1 Å². The molecule has 43 heavy (non-hydrogen) atoms. The van der Waals surface area contributed by atoms with Gasteiger partial charge in [-0.3, -0.25) is 14.2 Å². The van der Waals surface area contributed by atoms with Crippen molar-refractivity contribution in [1.82, 2.24) is 9.55 Å². The molecule has 1 aliphatic rings. The molecule has 4 atom stereocenters. The van der Waals surface area contributed by atoms with Gasteiger partial charge in [-0.2, -0.15) is 0 Å². The fraction of sp³-hybridized carbons (Fsp3) is 0.161. The molecule has 0 spiro atoms. The van der Waals surface area contributed by atoms with Gasteiger partial charge >= 0.3 is 17.9 Å². The second kappa shape index (κ2) is 12.9. The van der Waals surface area contributed by atoms with Crippen LogP contribution in [0.5, 0.6) is 0 Å². The first-order valence-electron chi connectivity index (χ1n) is 13.1. The van der Waals surface area contributed by atoms with Gasteiger partial charge in [0.2, 0.25) is 0 Å². The first-order chi connectivity index (χ1) is 20.8. The highest BCUT2D eigenvalue weighted by molar-refractivity contribution is 5.91. The summed E-state index contributed by atoms with van der Waals surface area (Å²) in [6.07, 6.45) is -3.11. The van der Waals surface area contributed by atoms with Crippen molar-refractivity contribution in [3.8, 4) is 0 Å². The number of ether oxygens (including phenoxy) is 4. The molecule has 0 bridgehead atoms. The molecule has 4 aromatic rings. The highest BCUT2D eigenvalue weighted by atomic mass is 16.7. The second-order valence-corrected chi connectivity index (χ2v) is 9.35. The van der Waals surface area contributed by atoms with Crippen LogP contribution in [-0.2, 0) is 18.9 Å². The van der Waals surface area contributed by atoms with Gasteiger partial charge in [-0.25, -0.2) is 19.4 Å². The minimum atomic E-state index is -1.44. The first kappa shape index (κ1) is 28.9. The summed E-state index contributed by atoms with van der Waals surface area (Å²) in [6.45, 7) is -0.446. The number of rotatable bonds is 9. The minimum Gasteiger partial charge on any atom is -0.459 e. The largest absolute Gasteiger partial charge is 0.459 e. The Morgan fingerprint density at radius 3 is 1.74 bits per heavy atom. The van der Waals surface area contributed by atoms with Crippen LogP contribution in [0.3, 0.4) is 0 Å². The summed E-state index contributed by atoms with van der Waals surface area (Å²) in [5.41, 5.74) is 4.43. The lowest BCUT2D eigenvalue weighted by Crippen LogP contribution is -2.43. The molecule has 0 radical (unpaired) electrons. The second-order valence-electron chi connectivity index (χ2n) is 9.35. The zero-order valence-corrected chi connectivity index (χ0v) is 22.5. The summed E-state index contributed by atoms with van der Waals surface area (Å²) < 4.78 is 24.2. The molecule has 5 rings (SSSR count). The predicted molar refractivity (Wildman–Crippen MR) is 149 cm³/mol. The van der Waals surface area contributed by atoms with Crippen LogP contribution in [0.1, 0.15) is 47.8 Å². The van der Waals surface area contributed by atoms with Gasteiger partial charge in [-0.15, -0.1) is 0 Å². The van der Waals surface area contributed by atoms with Crippen molar-refractivity contribution >= 4 is 23.8 Å². The number of benzene rings is 3. The molecule has 1 aromatic heterocycles. The minimum absolute atomic E-state index is 0.174. The molecule has 0 saturated carbocycles. The van der Waals surface area contributed by atoms with Crippen LogP contribution < -0.4 is 11.3 Å². The fourth-order valence-electron chi connectivity index (χ4n) is 4.48. The van der Waals surface area contributed by atoms with E-state index in [2.05, 4.69) is 4.98 Å². The molecular formula is C31H25N3O9. The fourth-order valence-corrected chi connectivity index (χ4v) is 4.48. The van der Waals surface area contributed by atoms with Crippen molar-refractivity contribution in [3.05, 3.63) is 136 Å². The van der Waals surface area contributed by atoms with Crippen LogP contribution in [0.4, 0.5) is 0 Å². The number of aromatic nitrogens is 2. The summed E-state index contributed by atoms with van der Waals surface area (Å²) in [5, 5.41) is 0. The summed E-state index contributed by atoms with van der Waals surface area (Å²) in [4.78, 5) is 67.9. The Kier molecular flexibility index (Phi) is 8.68. The normalized spacial score (nSPS) is 19.3. The Morgan fingerprint density at radius 2 is 1.23 bits per heavy atom. The van der Waals surface area contributed by atoms with E-state index >= 15 is 0 Å². The molecular weight excluding hydrogens is 558 g/mol. The number of nitrogens with two attached hydrogens (primary N) is 1. The molecule has 218 valence electrons. The molecule has 12 heteroatoms. The van der Waals surface area contributed by atoms with E-state index in [1.54, 1.807) is 66.7 Å². The first-order valence-corrected chi connectivity index (χ1v) is 13.1. The molecule has 12 nitrogen and oxygen atoms in total. The predicted octanol–water partition coefficient (Wildman–Crippen LogP) is 2.55. The lowest BCUT2D eigenvalue weighted by Gasteiger charge is -2.25. The third-order valence-electron chi connectivity index (χ3n) is 6.55. The highest BCUT2D eigenvalue weighted by Gasteiger charge is 2.51. The SMILES string of the molecule is NC(=O)c1nccn([C@@H]2O[C@H](COC(=O)c3ccccc3)[C@@H](OC(=O)c3ccccc3)[C@H]2OC(=O)c2ccccc2)c1=O. The molecule has 1 fully saturated rings. The molecule has 0 unspecified atom stereocenters. The van der Waals surface area contributed by atoms with Gasteiger partial charge in [0, 0.05) is 12.4 Å². The topological polar surface area (TPSA) is 166 Å². The van der Waals surface area contributed by atoms with Crippen LogP contribution >= 0.6 is 0 Å². The van der Waals surface area contributed by atoms with Crippen molar-refractivity contribution in [2.75, 3.05) is 6.61 Å². The number of carbonyl (C=O) groups excluding carboxylic acids is 4. The van der Waals surface area contributed by atoms with Gasteiger partial charge in [0.05, 0.1) is 16.7 Å². The maximum atomic E-state index is 13.2. The molecule has 2 heterocycles. The number of carbonyl (C=O) groups is 4. The van der Waals surface area contributed by atoms with E-state index in [-0.39, 0.29) is 16.7 Å². The smallest absolute Gasteiger partial charge is 0.338 e. The zero-order chi connectivity index (χ0) is 30.3. The summed E-state index contributed by atoms with van der Waals surface area (Å²) in [6, 6.07) is 24.2. The van der Waals surface area contributed by atoms with Crippen molar-refractivity contribution in [3.63, 3.8) is 0 Å². The lowest BCUT2D eigenvalue weighted by atomic mass is 10.1. The van der Waals surface area contributed by atoms with E-state index in [4.69, 9.17) is 24.7 Å². The van der Waals surface area contributed by atoms with E-state index in [0.717, 1.165) is 10.8 Å². The Hall–Kier alpha value is -5.62. The number of primary amides is 1. The summed E-state index contributed by atoms with van der Waals surface area (Å²) >= 11 is 0. The number of hydrogen-bond acceptors (Lipinski definition) is 10. The Labute approximate surface area is 244 Å². The van der Waals surface area contributed by atoms with Crippen molar-refractivity contribution in [1.29, 1.82) is 0 Å². The van der Waals surface area contributed by atoms with Crippen molar-refractivity contribution in [2.24, 2.45) is 5.73 Å². The maximum absolute atomic E-state index is 13.2. The number of amides is 1.